The van der Waals surface area contributed by atoms with Crippen LogP contribution in [0.4, 0.5) is 5.82 Å². The highest BCUT2D eigenvalue weighted by Gasteiger charge is 2.14. The molecule has 1 aromatic rings. The smallest absolute Gasteiger partial charge is 0.133 e. The number of anilines is 1. The van der Waals surface area contributed by atoms with Gasteiger partial charge in [0.2, 0.25) is 0 Å². The summed E-state index contributed by atoms with van der Waals surface area (Å²) in [6.45, 7) is 8.86. The fourth-order valence-corrected chi connectivity index (χ4v) is 2.03. The minimum absolute atomic E-state index is 0.273. The van der Waals surface area contributed by atoms with E-state index >= 15 is 0 Å². The van der Waals surface area contributed by atoms with Gasteiger partial charge in [0.25, 0.3) is 0 Å². The molecular weight excluding hydrogens is 224 g/mol. The molecule has 1 atom stereocenters. The lowest BCUT2D eigenvalue weighted by atomic mass is 10.1. The zero-order valence-corrected chi connectivity index (χ0v) is 11.5. The Balaban J connectivity index is 2.95. The summed E-state index contributed by atoms with van der Waals surface area (Å²) in [5.74, 6) is 0.990. The number of nitrogens with one attached hydrogen (secondary N) is 1. The lowest BCUT2D eigenvalue weighted by Crippen LogP contribution is -2.28. The van der Waals surface area contributed by atoms with Crippen LogP contribution >= 0.6 is 0 Å². The first-order valence-electron chi connectivity index (χ1n) is 6.54. The summed E-state index contributed by atoms with van der Waals surface area (Å²) in [6, 6.07) is 6.53. The summed E-state index contributed by atoms with van der Waals surface area (Å²) in [6.07, 6.45) is 2.34. The Morgan fingerprint density at radius 1 is 1.50 bits per heavy atom. The second-order valence-electron chi connectivity index (χ2n) is 4.18. The van der Waals surface area contributed by atoms with Gasteiger partial charge in [-0.15, -0.1) is 0 Å². The molecule has 0 radical (unpaired) electrons. The predicted molar refractivity (Wildman–Crippen MR) is 74.4 cm³/mol. The van der Waals surface area contributed by atoms with Gasteiger partial charge in [-0.1, -0.05) is 13.0 Å². The average Bonchev–Trinajstić information content (AvgIpc) is 2.40. The summed E-state index contributed by atoms with van der Waals surface area (Å²) in [7, 11) is 0. The molecule has 0 fully saturated rings. The van der Waals surface area contributed by atoms with E-state index in [0.717, 1.165) is 25.5 Å². The Kier molecular flexibility index (Phi) is 6.16. The Hall–Kier alpha value is -1.60. The fourth-order valence-electron chi connectivity index (χ4n) is 2.03. The molecule has 98 valence electrons. The summed E-state index contributed by atoms with van der Waals surface area (Å²) >= 11 is 0. The molecule has 18 heavy (non-hydrogen) atoms. The third-order valence-electron chi connectivity index (χ3n) is 2.97. The molecule has 1 heterocycles. The maximum atomic E-state index is 8.71. The number of aromatic nitrogens is 1. The van der Waals surface area contributed by atoms with Crippen molar-refractivity contribution >= 4 is 5.82 Å². The molecule has 0 amide bonds. The van der Waals surface area contributed by atoms with Crippen LogP contribution in [0.2, 0.25) is 0 Å². The molecule has 1 rings (SSSR count). The minimum atomic E-state index is 0.273. The van der Waals surface area contributed by atoms with Crippen LogP contribution in [0.3, 0.4) is 0 Å². The van der Waals surface area contributed by atoms with Crippen LogP contribution in [0.1, 0.15) is 38.8 Å². The highest BCUT2D eigenvalue weighted by molar-refractivity contribution is 5.48. The highest BCUT2D eigenvalue weighted by Crippen LogP contribution is 2.23. The van der Waals surface area contributed by atoms with Crippen LogP contribution in [0, 0.1) is 11.3 Å². The molecule has 0 saturated heterocycles. The Morgan fingerprint density at radius 2 is 2.28 bits per heavy atom. The van der Waals surface area contributed by atoms with Crippen molar-refractivity contribution in [3.8, 4) is 6.07 Å². The van der Waals surface area contributed by atoms with Crippen molar-refractivity contribution in [1.82, 2.24) is 10.3 Å². The molecule has 1 aromatic heterocycles. The second-order valence-corrected chi connectivity index (χ2v) is 4.18. The van der Waals surface area contributed by atoms with Gasteiger partial charge in [0, 0.05) is 30.9 Å². The molecule has 0 bridgehead atoms. The number of nitrogens with zero attached hydrogens (tertiary/aromatic N) is 3. The Bertz CT molecular complexity index is 397. The van der Waals surface area contributed by atoms with E-state index in [1.54, 1.807) is 0 Å². The summed E-state index contributed by atoms with van der Waals surface area (Å²) in [5.41, 5.74) is 1.19. The summed E-state index contributed by atoms with van der Waals surface area (Å²) in [4.78, 5) is 6.64. The third-order valence-corrected chi connectivity index (χ3v) is 2.97. The van der Waals surface area contributed by atoms with Gasteiger partial charge >= 0.3 is 0 Å². The topological polar surface area (TPSA) is 52.0 Å². The summed E-state index contributed by atoms with van der Waals surface area (Å²) < 4.78 is 0. The molecule has 0 aliphatic heterocycles. The third kappa shape index (κ3) is 3.71. The van der Waals surface area contributed by atoms with E-state index in [1.165, 1.54) is 5.56 Å². The van der Waals surface area contributed by atoms with Crippen molar-refractivity contribution in [2.24, 2.45) is 0 Å². The average molecular weight is 246 g/mol. The van der Waals surface area contributed by atoms with Gasteiger partial charge in [-0.05, 0) is 26.5 Å². The van der Waals surface area contributed by atoms with E-state index < -0.39 is 0 Å². The lowest BCUT2D eigenvalue weighted by molar-refractivity contribution is 0.593. The van der Waals surface area contributed by atoms with Crippen LogP contribution in [-0.4, -0.2) is 24.6 Å². The molecule has 4 nitrogen and oxygen atoms in total. The van der Waals surface area contributed by atoms with Gasteiger partial charge in [-0.2, -0.15) is 5.26 Å². The fraction of sp³-hybridized carbons (Fsp3) is 0.571. The van der Waals surface area contributed by atoms with Crippen molar-refractivity contribution in [1.29, 1.82) is 5.26 Å². The molecule has 1 unspecified atom stereocenters. The quantitative estimate of drug-likeness (QED) is 0.803. The first-order valence-corrected chi connectivity index (χ1v) is 6.54. The standard InChI is InChI=1S/C14H22N4/c1-4-16-12(3)13-8-6-10-17-14(13)18(5-2)11-7-9-15/h6,8,10,12,16H,4-5,7,11H2,1-3H3. The van der Waals surface area contributed by atoms with Gasteiger partial charge in [-0.3, -0.25) is 0 Å². The highest BCUT2D eigenvalue weighted by atomic mass is 15.2. The molecule has 0 aromatic carbocycles. The monoisotopic (exact) mass is 246 g/mol. The normalized spacial score (nSPS) is 11.9. The van der Waals surface area contributed by atoms with Gasteiger partial charge in [0.1, 0.15) is 5.82 Å². The zero-order chi connectivity index (χ0) is 13.4. The molecule has 4 heteroatoms. The number of rotatable bonds is 7. The van der Waals surface area contributed by atoms with Gasteiger partial charge in [0.05, 0.1) is 12.5 Å². The Morgan fingerprint density at radius 3 is 2.89 bits per heavy atom. The van der Waals surface area contributed by atoms with E-state index in [2.05, 4.69) is 48.1 Å². The lowest BCUT2D eigenvalue weighted by Gasteiger charge is -2.25. The largest absolute Gasteiger partial charge is 0.356 e. The molecule has 0 aliphatic rings. The van der Waals surface area contributed by atoms with Gasteiger partial charge < -0.3 is 10.2 Å². The first-order chi connectivity index (χ1) is 8.74. The van der Waals surface area contributed by atoms with E-state index in [4.69, 9.17) is 5.26 Å². The zero-order valence-electron chi connectivity index (χ0n) is 11.5. The number of pyridine rings is 1. The SMILES string of the molecule is CCNC(C)c1cccnc1N(CC)CCC#N. The molecule has 1 N–H and O–H groups in total. The Labute approximate surface area is 110 Å². The van der Waals surface area contributed by atoms with E-state index in [9.17, 15) is 0 Å². The number of nitriles is 1. The van der Waals surface area contributed by atoms with Crippen LogP contribution < -0.4 is 10.2 Å². The number of hydrogen-bond donors (Lipinski definition) is 1. The first kappa shape index (κ1) is 14.5. The van der Waals surface area contributed by atoms with Crippen LogP contribution in [-0.2, 0) is 0 Å². The second kappa shape index (κ2) is 7.67. The molecular formula is C14H22N4. The van der Waals surface area contributed by atoms with Crippen molar-refractivity contribution in [3.63, 3.8) is 0 Å². The van der Waals surface area contributed by atoms with E-state index in [-0.39, 0.29) is 6.04 Å². The van der Waals surface area contributed by atoms with Crippen molar-refractivity contribution in [2.75, 3.05) is 24.5 Å². The minimum Gasteiger partial charge on any atom is -0.356 e. The molecule has 0 aliphatic carbocycles. The molecule has 0 spiro atoms. The maximum absolute atomic E-state index is 8.71. The van der Waals surface area contributed by atoms with E-state index in [1.807, 2.05) is 12.3 Å². The predicted octanol–water partition coefficient (Wildman–Crippen LogP) is 2.49. The van der Waals surface area contributed by atoms with Crippen molar-refractivity contribution < 1.29 is 0 Å². The molecule has 0 saturated carbocycles. The van der Waals surface area contributed by atoms with Gasteiger partial charge in [-0.25, -0.2) is 4.98 Å². The van der Waals surface area contributed by atoms with Crippen LogP contribution in [0.15, 0.2) is 18.3 Å². The van der Waals surface area contributed by atoms with Gasteiger partial charge in [0.15, 0.2) is 0 Å². The summed E-state index contributed by atoms with van der Waals surface area (Å²) in [5, 5.41) is 12.1. The number of hydrogen-bond acceptors (Lipinski definition) is 4. The van der Waals surface area contributed by atoms with Crippen molar-refractivity contribution in [3.05, 3.63) is 23.9 Å². The van der Waals surface area contributed by atoms with Crippen molar-refractivity contribution in [2.45, 2.75) is 33.2 Å². The maximum Gasteiger partial charge on any atom is 0.133 e. The van der Waals surface area contributed by atoms with E-state index in [0.29, 0.717) is 6.42 Å². The van der Waals surface area contributed by atoms with Crippen LogP contribution in [0.5, 0.6) is 0 Å². The van der Waals surface area contributed by atoms with Crippen LogP contribution in [0.25, 0.3) is 0 Å².